The number of hydrogen-bond donors (Lipinski definition) is 1. The molecular weight excluding hydrogens is 212 g/mol. The highest BCUT2D eigenvalue weighted by Gasteiger charge is 2.22. The molecule has 1 atom stereocenters. The molecule has 0 radical (unpaired) electrons. The molecule has 0 saturated heterocycles. The fourth-order valence-electron chi connectivity index (χ4n) is 1.38. The third kappa shape index (κ3) is 7.74. The molecule has 0 aliphatic carbocycles. The van der Waals surface area contributed by atoms with Crippen molar-refractivity contribution in [3.63, 3.8) is 0 Å². The van der Waals surface area contributed by atoms with E-state index in [-0.39, 0.29) is 5.54 Å². The Balaban J connectivity index is 4.07. The minimum Gasteiger partial charge on any atom is -0.375 e. The van der Waals surface area contributed by atoms with Gasteiger partial charge >= 0.3 is 0 Å². The van der Waals surface area contributed by atoms with Gasteiger partial charge < -0.3 is 15.0 Å². The normalized spacial score (nSPS) is 14.6. The molecule has 0 aromatic heterocycles. The van der Waals surface area contributed by atoms with E-state index in [4.69, 9.17) is 4.74 Å². The maximum absolute atomic E-state index is 6.05. The minimum atomic E-state index is 0.101. The zero-order chi connectivity index (χ0) is 13.5. The van der Waals surface area contributed by atoms with Gasteiger partial charge in [-0.2, -0.15) is 0 Å². The van der Waals surface area contributed by atoms with Crippen LogP contribution in [0.5, 0.6) is 0 Å². The standard InChI is InChI=1S/C14H32N2O/c1-8-9-13(10-15-12(2)3)17-11-14(4,5)16(6)7/h12-13,15H,8-11H2,1-7H3. The van der Waals surface area contributed by atoms with Gasteiger partial charge in [0.2, 0.25) is 0 Å². The Morgan fingerprint density at radius 2 is 1.82 bits per heavy atom. The van der Waals surface area contributed by atoms with Crippen molar-refractivity contribution in [1.29, 1.82) is 0 Å². The summed E-state index contributed by atoms with van der Waals surface area (Å²) < 4.78 is 6.05. The first-order valence-electron chi connectivity index (χ1n) is 6.82. The number of hydrogen-bond acceptors (Lipinski definition) is 3. The topological polar surface area (TPSA) is 24.5 Å². The van der Waals surface area contributed by atoms with Crippen LogP contribution in [0.15, 0.2) is 0 Å². The monoisotopic (exact) mass is 244 g/mol. The number of nitrogens with zero attached hydrogens (tertiary/aromatic N) is 1. The summed E-state index contributed by atoms with van der Waals surface area (Å²) in [7, 11) is 4.20. The van der Waals surface area contributed by atoms with Crippen LogP contribution >= 0.6 is 0 Å². The molecule has 104 valence electrons. The van der Waals surface area contributed by atoms with Gasteiger partial charge in [0.15, 0.2) is 0 Å². The van der Waals surface area contributed by atoms with Crippen molar-refractivity contribution in [3.05, 3.63) is 0 Å². The first-order valence-corrected chi connectivity index (χ1v) is 6.82. The van der Waals surface area contributed by atoms with Gasteiger partial charge in [0.1, 0.15) is 0 Å². The Labute approximate surface area is 108 Å². The van der Waals surface area contributed by atoms with E-state index < -0.39 is 0 Å². The highest BCUT2D eigenvalue weighted by molar-refractivity contribution is 4.77. The molecular formula is C14H32N2O. The number of rotatable bonds is 9. The second-order valence-corrected chi connectivity index (χ2v) is 5.99. The molecule has 0 spiro atoms. The molecule has 1 N–H and O–H groups in total. The third-order valence-electron chi connectivity index (χ3n) is 3.25. The predicted molar refractivity (Wildman–Crippen MR) is 75.6 cm³/mol. The van der Waals surface area contributed by atoms with Gasteiger partial charge in [0, 0.05) is 18.1 Å². The number of likely N-dealkylation sites (N-methyl/N-ethyl adjacent to an activating group) is 1. The van der Waals surface area contributed by atoms with Crippen LogP contribution in [0.1, 0.15) is 47.5 Å². The maximum atomic E-state index is 6.05. The van der Waals surface area contributed by atoms with Crippen molar-refractivity contribution in [2.45, 2.75) is 65.1 Å². The van der Waals surface area contributed by atoms with Gasteiger partial charge in [-0.15, -0.1) is 0 Å². The first kappa shape index (κ1) is 16.9. The van der Waals surface area contributed by atoms with E-state index in [2.05, 4.69) is 58.9 Å². The molecule has 3 nitrogen and oxygen atoms in total. The summed E-state index contributed by atoms with van der Waals surface area (Å²) >= 11 is 0. The van der Waals surface area contributed by atoms with Crippen LogP contribution in [0.4, 0.5) is 0 Å². The molecule has 0 aliphatic rings. The Bertz CT molecular complexity index is 191. The fourth-order valence-corrected chi connectivity index (χ4v) is 1.38. The lowest BCUT2D eigenvalue weighted by molar-refractivity contribution is -0.0151. The van der Waals surface area contributed by atoms with Gasteiger partial charge in [-0.3, -0.25) is 0 Å². The van der Waals surface area contributed by atoms with Crippen LogP contribution < -0.4 is 5.32 Å². The molecule has 1 unspecified atom stereocenters. The van der Waals surface area contributed by atoms with Crippen LogP contribution in [0, 0.1) is 0 Å². The predicted octanol–water partition coefficient (Wildman–Crippen LogP) is 2.51. The molecule has 0 rings (SSSR count). The molecule has 0 aromatic rings. The molecule has 17 heavy (non-hydrogen) atoms. The minimum absolute atomic E-state index is 0.101. The van der Waals surface area contributed by atoms with Gasteiger partial charge in [-0.05, 0) is 34.4 Å². The second kappa shape index (κ2) is 8.06. The van der Waals surface area contributed by atoms with Gasteiger partial charge in [0.05, 0.1) is 12.7 Å². The molecule has 0 fully saturated rings. The van der Waals surface area contributed by atoms with Gasteiger partial charge in [0.25, 0.3) is 0 Å². The molecule has 0 bridgehead atoms. The van der Waals surface area contributed by atoms with Crippen LogP contribution in [-0.4, -0.2) is 49.8 Å². The summed E-state index contributed by atoms with van der Waals surface area (Å²) in [5.74, 6) is 0. The van der Waals surface area contributed by atoms with Crippen molar-refractivity contribution >= 4 is 0 Å². The fraction of sp³-hybridized carbons (Fsp3) is 1.00. The van der Waals surface area contributed by atoms with Crippen LogP contribution in [0.25, 0.3) is 0 Å². The molecule has 0 saturated carbocycles. The smallest absolute Gasteiger partial charge is 0.0700 e. The molecule has 0 heterocycles. The Hall–Kier alpha value is -0.120. The van der Waals surface area contributed by atoms with Crippen molar-refractivity contribution in [2.75, 3.05) is 27.2 Å². The zero-order valence-corrected chi connectivity index (χ0v) is 12.8. The highest BCUT2D eigenvalue weighted by atomic mass is 16.5. The van der Waals surface area contributed by atoms with Crippen LogP contribution in [-0.2, 0) is 4.74 Å². The quantitative estimate of drug-likeness (QED) is 0.674. The lowest BCUT2D eigenvalue weighted by Crippen LogP contribution is -2.44. The summed E-state index contributed by atoms with van der Waals surface area (Å²) in [6, 6.07) is 0.528. The maximum Gasteiger partial charge on any atom is 0.0700 e. The lowest BCUT2D eigenvalue weighted by Gasteiger charge is -2.34. The van der Waals surface area contributed by atoms with E-state index >= 15 is 0 Å². The second-order valence-electron chi connectivity index (χ2n) is 5.99. The Kier molecular flexibility index (Phi) is 8.01. The molecule has 0 aliphatic heterocycles. The van der Waals surface area contributed by atoms with Crippen molar-refractivity contribution in [3.8, 4) is 0 Å². The summed E-state index contributed by atoms with van der Waals surface area (Å²) in [5.41, 5.74) is 0.101. The number of ether oxygens (including phenoxy) is 1. The van der Waals surface area contributed by atoms with E-state index in [1.807, 2.05) is 0 Å². The van der Waals surface area contributed by atoms with Crippen molar-refractivity contribution in [2.24, 2.45) is 0 Å². The van der Waals surface area contributed by atoms with Crippen molar-refractivity contribution in [1.82, 2.24) is 10.2 Å². The van der Waals surface area contributed by atoms with Crippen LogP contribution in [0.2, 0.25) is 0 Å². The zero-order valence-electron chi connectivity index (χ0n) is 12.8. The van der Waals surface area contributed by atoms with E-state index in [9.17, 15) is 0 Å². The lowest BCUT2D eigenvalue weighted by atomic mass is 10.1. The van der Waals surface area contributed by atoms with E-state index in [1.165, 1.54) is 6.42 Å². The number of nitrogens with one attached hydrogen (secondary N) is 1. The molecule has 3 heteroatoms. The summed E-state index contributed by atoms with van der Waals surface area (Å²) in [5, 5.41) is 3.46. The summed E-state index contributed by atoms with van der Waals surface area (Å²) in [6.45, 7) is 12.7. The summed E-state index contributed by atoms with van der Waals surface area (Å²) in [4.78, 5) is 2.21. The molecule has 0 aromatic carbocycles. The largest absolute Gasteiger partial charge is 0.375 e. The van der Waals surface area contributed by atoms with E-state index in [0.29, 0.717) is 12.1 Å². The van der Waals surface area contributed by atoms with E-state index in [1.54, 1.807) is 0 Å². The highest BCUT2D eigenvalue weighted by Crippen LogP contribution is 2.13. The first-order chi connectivity index (χ1) is 7.79. The summed E-state index contributed by atoms with van der Waals surface area (Å²) in [6.07, 6.45) is 2.64. The Morgan fingerprint density at radius 3 is 2.24 bits per heavy atom. The van der Waals surface area contributed by atoms with Crippen LogP contribution in [0.3, 0.4) is 0 Å². The SMILES string of the molecule is CCCC(CNC(C)C)OCC(C)(C)N(C)C. The van der Waals surface area contributed by atoms with Crippen molar-refractivity contribution < 1.29 is 4.74 Å². The average Bonchev–Trinajstić information content (AvgIpc) is 2.21. The Morgan fingerprint density at radius 1 is 1.24 bits per heavy atom. The molecule has 0 amide bonds. The third-order valence-corrected chi connectivity index (χ3v) is 3.25. The van der Waals surface area contributed by atoms with Gasteiger partial charge in [-0.25, -0.2) is 0 Å². The van der Waals surface area contributed by atoms with E-state index in [0.717, 1.165) is 19.6 Å². The average molecular weight is 244 g/mol. The van der Waals surface area contributed by atoms with Gasteiger partial charge in [-0.1, -0.05) is 27.2 Å².